The van der Waals surface area contributed by atoms with Gasteiger partial charge in [-0.25, -0.2) is 0 Å². The van der Waals surface area contributed by atoms with Gasteiger partial charge in [-0.15, -0.1) is 0 Å². The molecule has 0 fully saturated rings. The molecule has 0 aromatic heterocycles. The number of rotatable bonds is 7. The highest BCUT2D eigenvalue weighted by molar-refractivity contribution is 5.79. The number of nitrogens with zero attached hydrogens (tertiary/aromatic N) is 1. The Morgan fingerprint density at radius 1 is 1.19 bits per heavy atom. The van der Waals surface area contributed by atoms with Gasteiger partial charge in [0.15, 0.2) is 5.96 Å². The van der Waals surface area contributed by atoms with Crippen LogP contribution in [0.4, 0.5) is 0 Å². The molecule has 0 saturated heterocycles. The van der Waals surface area contributed by atoms with E-state index in [0.29, 0.717) is 6.54 Å². The van der Waals surface area contributed by atoms with Crippen molar-refractivity contribution in [3.05, 3.63) is 59.7 Å². The van der Waals surface area contributed by atoms with Crippen LogP contribution < -0.4 is 20.1 Å². The summed E-state index contributed by atoms with van der Waals surface area (Å²) in [5, 5.41) is 6.67. The predicted molar refractivity (Wildman–Crippen MR) is 105 cm³/mol. The van der Waals surface area contributed by atoms with Crippen LogP contribution in [0.1, 0.15) is 18.1 Å². The zero-order chi connectivity index (χ0) is 18.2. The van der Waals surface area contributed by atoms with Crippen LogP contribution in [0.25, 0.3) is 0 Å². The van der Waals surface area contributed by atoms with Crippen molar-refractivity contribution < 1.29 is 9.47 Å². The molecule has 0 saturated carbocycles. The van der Waals surface area contributed by atoms with Gasteiger partial charge in [-0.3, -0.25) is 4.99 Å². The molecule has 2 aromatic rings. The Morgan fingerprint density at radius 3 is 2.85 bits per heavy atom. The van der Waals surface area contributed by atoms with Gasteiger partial charge < -0.3 is 20.1 Å². The first-order valence-corrected chi connectivity index (χ1v) is 9.15. The molecule has 0 bridgehead atoms. The van der Waals surface area contributed by atoms with Crippen LogP contribution in [-0.2, 0) is 12.8 Å². The standard InChI is InChI=1S/C21H27N3O2/c1-16(26-19-6-4-3-5-7-19)15-24-21(22-2)23-12-10-17-8-9-20-18(14-17)11-13-25-20/h3-9,14,16H,10-13,15H2,1-2H3,(H2,22,23,24). The van der Waals surface area contributed by atoms with Crippen LogP contribution in [0.3, 0.4) is 0 Å². The Kier molecular flexibility index (Phi) is 6.36. The van der Waals surface area contributed by atoms with E-state index in [-0.39, 0.29) is 6.10 Å². The van der Waals surface area contributed by atoms with E-state index in [1.54, 1.807) is 7.05 Å². The monoisotopic (exact) mass is 353 g/mol. The Labute approximate surface area is 155 Å². The first-order chi connectivity index (χ1) is 12.7. The number of aliphatic imine (C=N–C) groups is 1. The van der Waals surface area contributed by atoms with Crippen molar-refractivity contribution in [2.45, 2.75) is 25.9 Å². The van der Waals surface area contributed by atoms with E-state index in [1.807, 2.05) is 37.3 Å². The normalized spacial score (nSPS) is 14.3. The van der Waals surface area contributed by atoms with Gasteiger partial charge in [-0.1, -0.05) is 30.3 Å². The first kappa shape index (κ1) is 18.1. The number of para-hydroxylation sites is 1. The molecule has 1 atom stereocenters. The molecule has 1 aliphatic heterocycles. The van der Waals surface area contributed by atoms with Gasteiger partial charge in [0.1, 0.15) is 17.6 Å². The number of guanidine groups is 1. The van der Waals surface area contributed by atoms with E-state index >= 15 is 0 Å². The summed E-state index contributed by atoms with van der Waals surface area (Å²) >= 11 is 0. The summed E-state index contributed by atoms with van der Waals surface area (Å²) in [7, 11) is 1.78. The summed E-state index contributed by atoms with van der Waals surface area (Å²) in [6.07, 6.45) is 2.01. The summed E-state index contributed by atoms with van der Waals surface area (Å²) in [5.74, 6) is 2.70. The molecule has 1 heterocycles. The summed E-state index contributed by atoms with van der Waals surface area (Å²) < 4.78 is 11.4. The highest BCUT2D eigenvalue weighted by Gasteiger charge is 2.12. The molecule has 5 heteroatoms. The average molecular weight is 353 g/mol. The van der Waals surface area contributed by atoms with Crippen LogP contribution in [0, 0.1) is 0 Å². The molecule has 0 aliphatic carbocycles. The molecular formula is C21H27N3O2. The minimum atomic E-state index is 0.0488. The maximum Gasteiger partial charge on any atom is 0.191 e. The molecule has 0 amide bonds. The van der Waals surface area contributed by atoms with Gasteiger partial charge in [-0.2, -0.15) is 0 Å². The van der Waals surface area contributed by atoms with Gasteiger partial charge in [0.2, 0.25) is 0 Å². The fraction of sp³-hybridized carbons (Fsp3) is 0.381. The predicted octanol–water partition coefficient (Wildman–Crippen LogP) is 2.80. The maximum absolute atomic E-state index is 5.87. The largest absolute Gasteiger partial charge is 0.493 e. The van der Waals surface area contributed by atoms with Gasteiger partial charge in [0.25, 0.3) is 0 Å². The summed E-state index contributed by atoms with van der Waals surface area (Å²) in [5.41, 5.74) is 2.63. The van der Waals surface area contributed by atoms with E-state index < -0.39 is 0 Å². The second-order valence-corrected chi connectivity index (χ2v) is 6.41. The van der Waals surface area contributed by atoms with Crippen molar-refractivity contribution in [1.82, 2.24) is 10.6 Å². The molecule has 0 radical (unpaired) electrons. The molecule has 2 N–H and O–H groups in total. The molecule has 3 rings (SSSR count). The van der Waals surface area contributed by atoms with Crippen molar-refractivity contribution >= 4 is 5.96 Å². The fourth-order valence-electron chi connectivity index (χ4n) is 2.95. The molecule has 1 unspecified atom stereocenters. The van der Waals surface area contributed by atoms with Crippen molar-refractivity contribution in [3.63, 3.8) is 0 Å². The SMILES string of the molecule is CN=C(NCCc1ccc2c(c1)CCO2)NCC(C)Oc1ccccc1. The smallest absolute Gasteiger partial charge is 0.191 e. The fourth-order valence-corrected chi connectivity index (χ4v) is 2.95. The second-order valence-electron chi connectivity index (χ2n) is 6.41. The zero-order valence-corrected chi connectivity index (χ0v) is 15.5. The Balaban J connectivity index is 1.39. The van der Waals surface area contributed by atoms with Crippen LogP contribution in [0.2, 0.25) is 0 Å². The number of fused-ring (bicyclic) bond motifs is 1. The zero-order valence-electron chi connectivity index (χ0n) is 15.5. The average Bonchev–Trinajstić information content (AvgIpc) is 3.13. The second kappa shape index (κ2) is 9.13. The quantitative estimate of drug-likeness (QED) is 0.594. The highest BCUT2D eigenvalue weighted by atomic mass is 16.5. The number of ether oxygens (including phenoxy) is 2. The van der Waals surface area contributed by atoms with Crippen LogP contribution in [0.5, 0.6) is 11.5 Å². The number of hydrogen-bond acceptors (Lipinski definition) is 3. The minimum Gasteiger partial charge on any atom is -0.493 e. The summed E-state index contributed by atoms with van der Waals surface area (Å²) in [6.45, 7) is 4.36. The third kappa shape index (κ3) is 5.15. The molecule has 0 spiro atoms. The molecule has 138 valence electrons. The van der Waals surface area contributed by atoms with Crippen LogP contribution in [-0.4, -0.2) is 38.8 Å². The van der Waals surface area contributed by atoms with Crippen molar-refractivity contribution in [2.75, 3.05) is 26.7 Å². The Hall–Kier alpha value is -2.69. The van der Waals surface area contributed by atoms with Crippen molar-refractivity contribution in [3.8, 4) is 11.5 Å². The first-order valence-electron chi connectivity index (χ1n) is 9.15. The minimum absolute atomic E-state index is 0.0488. The van der Waals surface area contributed by atoms with E-state index in [2.05, 4.69) is 33.8 Å². The van der Waals surface area contributed by atoms with E-state index in [9.17, 15) is 0 Å². The molecule has 5 nitrogen and oxygen atoms in total. The maximum atomic E-state index is 5.87. The molecule has 1 aliphatic rings. The lowest BCUT2D eigenvalue weighted by Gasteiger charge is -2.17. The van der Waals surface area contributed by atoms with Crippen LogP contribution in [0.15, 0.2) is 53.5 Å². The van der Waals surface area contributed by atoms with Gasteiger partial charge in [-0.05, 0) is 42.7 Å². The summed E-state index contributed by atoms with van der Waals surface area (Å²) in [4.78, 5) is 4.27. The van der Waals surface area contributed by atoms with Gasteiger partial charge in [0.05, 0.1) is 13.2 Å². The molecular weight excluding hydrogens is 326 g/mol. The highest BCUT2D eigenvalue weighted by Crippen LogP contribution is 2.25. The number of nitrogens with one attached hydrogen (secondary N) is 2. The van der Waals surface area contributed by atoms with Crippen molar-refractivity contribution in [1.29, 1.82) is 0 Å². The third-order valence-electron chi connectivity index (χ3n) is 4.32. The number of hydrogen-bond donors (Lipinski definition) is 2. The summed E-state index contributed by atoms with van der Waals surface area (Å²) in [6, 6.07) is 16.3. The van der Waals surface area contributed by atoms with E-state index in [1.165, 1.54) is 11.1 Å². The molecule has 2 aromatic carbocycles. The number of benzene rings is 2. The van der Waals surface area contributed by atoms with E-state index in [0.717, 1.165) is 43.5 Å². The van der Waals surface area contributed by atoms with Gasteiger partial charge >= 0.3 is 0 Å². The lowest BCUT2D eigenvalue weighted by Crippen LogP contribution is -2.42. The molecule has 26 heavy (non-hydrogen) atoms. The Bertz CT molecular complexity index is 731. The topological polar surface area (TPSA) is 54.9 Å². The van der Waals surface area contributed by atoms with Crippen molar-refractivity contribution in [2.24, 2.45) is 4.99 Å². The third-order valence-corrected chi connectivity index (χ3v) is 4.32. The van der Waals surface area contributed by atoms with Crippen LogP contribution >= 0.6 is 0 Å². The lowest BCUT2D eigenvalue weighted by atomic mass is 10.1. The Morgan fingerprint density at radius 2 is 2.04 bits per heavy atom. The lowest BCUT2D eigenvalue weighted by molar-refractivity contribution is 0.224. The van der Waals surface area contributed by atoms with Gasteiger partial charge in [0, 0.05) is 20.0 Å². The van der Waals surface area contributed by atoms with E-state index in [4.69, 9.17) is 9.47 Å².